The molecule has 0 unspecified atom stereocenters. The van der Waals surface area contributed by atoms with Crippen LogP contribution < -0.4 is 10.2 Å². The summed E-state index contributed by atoms with van der Waals surface area (Å²) in [5.74, 6) is 1.77. The number of morpholine rings is 1. The van der Waals surface area contributed by atoms with Crippen molar-refractivity contribution in [3.63, 3.8) is 0 Å². The predicted octanol–water partition coefficient (Wildman–Crippen LogP) is 0.572. The highest BCUT2D eigenvalue weighted by Crippen LogP contribution is 2.24. The van der Waals surface area contributed by atoms with Crippen molar-refractivity contribution in [1.82, 2.24) is 14.9 Å². The lowest BCUT2D eigenvalue weighted by Gasteiger charge is -2.26. The molecule has 1 aromatic rings. The second kappa shape index (κ2) is 8.42. The lowest BCUT2D eigenvalue weighted by molar-refractivity contribution is 0.0378. The Bertz CT molecular complexity index is 481. The third-order valence-corrected chi connectivity index (χ3v) is 4.60. The Labute approximate surface area is 137 Å². The van der Waals surface area contributed by atoms with Gasteiger partial charge in [0.1, 0.15) is 18.0 Å². The molecule has 128 valence electrons. The van der Waals surface area contributed by atoms with Crippen molar-refractivity contribution in [2.45, 2.75) is 25.3 Å². The molecule has 0 radical (unpaired) electrons. The molecule has 2 saturated heterocycles. The SMILES string of the molecule is OC[C@@H]1CCCN1c1cc(NCCCN2CCOCC2)ncn1. The first-order chi connectivity index (χ1) is 11.4. The summed E-state index contributed by atoms with van der Waals surface area (Å²) in [5, 5.41) is 12.8. The van der Waals surface area contributed by atoms with Gasteiger partial charge in [-0.1, -0.05) is 0 Å². The fraction of sp³-hybridized carbons (Fsp3) is 0.750. The number of aliphatic hydroxyl groups is 1. The van der Waals surface area contributed by atoms with Crippen LogP contribution in [-0.2, 0) is 4.74 Å². The minimum atomic E-state index is 0.187. The van der Waals surface area contributed by atoms with E-state index in [4.69, 9.17) is 4.74 Å². The van der Waals surface area contributed by atoms with E-state index in [1.807, 2.05) is 6.07 Å². The number of nitrogens with zero attached hydrogens (tertiary/aromatic N) is 4. The zero-order valence-electron chi connectivity index (χ0n) is 13.7. The van der Waals surface area contributed by atoms with Gasteiger partial charge in [0.15, 0.2) is 0 Å². The summed E-state index contributed by atoms with van der Waals surface area (Å²) in [6.07, 6.45) is 4.83. The van der Waals surface area contributed by atoms with Crippen molar-refractivity contribution in [3.05, 3.63) is 12.4 Å². The van der Waals surface area contributed by atoms with Crippen LogP contribution in [0.1, 0.15) is 19.3 Å². The molecule has 2 aliphatic heterocycles. The Morgan fingerprint density at radius 2 is 2.13 bits per heavy atom. The van der Waals surface area contributed by atoms with Crippen LogP contribution in [0, 0.1) is 0 Å². The number of aliphatic hydroxyl groups excluding tert-OH is 1. The fourth-order valence-electron chi connectivity index (χ4n) is 3.27. The summed E-state index contributed by atoms with van der Waals surface area (Å²) >= 11 is 0. The number of nitrogens with one attached hydrogen (secondary N) is 1. The van der Waals surface area contributed by atoms with Gasteiger partial charge >= 0.3 is 0 Å². The minimum Gasteiger partial charge on any atom is -0.394 e. The Kier molecular flexibility index (Phi) is 6.01. The molecule has 1 atom stereocenters. The largest absolute Gasteiger partial charge is 0.394 e. The van der Waals surface area contributed by atoms with Gasteiger partial charge in [-0.3, -0.25) is 4.90 Å². The maximum absolute atomic E-state index is 9.45. The quantitative estimate of drug-likeness (QED) is 0.711. The van der Waals surface area contributed by atoms with Crippen molar-refractivity contribution < 1.29 is 9.84 Å². The lowest BCUT2D eigenvalue weighted by Crippen LogP contribution is -2.37. The van der Waals surface area contributed by atoms with Gasteiger partial charge in [0, 0.05) is 32.2 Å². The third-order valence-electron chi connectivity index (χ3n) is 4.60. The van der Waals surface area contributed by atoms with Gasteiger partial charge in [0.2, 0.25) is 0 Å². The number of anilines is 2. The van der Waals surface area contributed by atoms with E-state index < -0.39 is 0 Å². The molecule has 2 aliphatic rings. The zero-order valence-corrected chi connectivity index (χ0v) is 13.7. The van der Waals surface area contributed by atoms with Crippen molar-refractivity contribution in [1.29, 1.82) is 0 Å². The molecule has 7 nitrogen and oxygen atoms in total. The first-order valence-electron chi connectivity index (χ1n) is 8.60. The highest BCUT2D eigenvalue weighted by atomic mass is 16.5. The van der Waals surface area contributed by atoms with E-state index in [2.05, 4.69) is 25.1 Å². The second-order valence-electron chi connectivity index (χ2n) is 6.17. The summed E-state index contributed by atoms with van der Waals surface area (Å²) in [5.41, 5.74) is 0. The number of ether oxygens (including phenoxy) is 1. The lowest BCUT2D eigenvalue weighted by atomic mass is 10.2. The molecule has 0 aliphatic carbocycles. The van der Waals surface area contributed by atoms with Crippen molar-refractivity contribution in [2.75, 3.05) is 62.8 Å². The second-order valence-corrected chi connectivity index (χ2v) is 6.17. The Hall–Kier alpha value is -1.44. The Balaban J connectivity index is 1.45. The van der Waals surface area contributed by atoms with E-state index in [0.717, 1.165) is 76.8 Å². The summed E-state index contributed by atoms with van der Waals surface area (Å²) in [4.78, 5) is 13.3. The van der Waals surface area contributed by atoms with Crippen LogP contribution in [0.5, 0.6) is 0 Å². The van der Waals surface area contributed by atoms with Crippen LogP contribution in [0.25, 0.3) is 0 Å². The van der Waals surface area contributed by atoms with Crippen LogP contribution in [-0.4, -0.2) is 78.6 Å². The fourth-order valence-corrected chi connectivity index (χ4v) is 3.27. The van der Waals surface area contributed by atoms with E-state index in [-0.39, 0.29) is 12.6 Å². The number of hydrogen-bond acceptors (Lipinski definition) is 7. The average Bonchev–Trinajstić information content (AvgIpc) is 3.09. The summed E-state index contributed by atoms with van der Waals surface area (Å²) < 4.78 is 5.36. The average molecular weight is 321 g/mol. The molecule has 23 heavy (non-hydrogen) atoms. The molecular formula is C16H27N5O2. The summed E-state index contributed by atoms with van der Waals surface area (Å²) in [7, 11) is 0. The van der Waals surface area contributed by atoms with Crippen molar-refractivity contribution in [2.24, 2.45) is 0 Å². The van der Waals surface area contributed by atoms with Crippen LogP contribution in [0.2, 0.25) is 0 Å². The molecule has 2 N–H and O–H groups in total. The van der Waals surface area contributed by atoms with Crippen molar-refractivity contribution >= 4 is 11.6 Å². The van der Waals surface area contributed by atoms with Crippen LogP contribution in [0.15, 0.2) is 12.4 Å². The molecule has 0 aromatic carbocycles. The molecular weight excluding hydrogens is 294 g/mol. The number of rotatable bonds is 7. The maximum Gasteiger partial charge on any atom is 0.134 e. The van der Waals surface area contributed by atoms with E-state index in [1.165, 1.54) is 0 Å². The molecule has 1 aromatic heterocycles. The third kappa shape index (κ3) is 4.53. The summed E-state index contributed by atoms with van der Waals surface area (Å²) in [6.45, 7) is 6.91. The van der Waals surface area contributed by atoms with E-state index in [9.17, 15) is 5.11 Å². The van der Waals surface area contributed by atoms with Gasteiger partial charge in [0.25, 0.3) is 0 Å². The smallest absolute Gasteiger partial charge is 0.134 e. The van der Waals surface area contributed by atoms with Gasteiger partial charge in [-0.25, -0.2) is 9.97 Å². The standard InChI is InChI=1S/C16H27N5O2/c22-12-14-3-1-6-21(14)16-11-15(18-13-19-16)17-4-2-5-20-7-9-23-10-8-20/h11,13-14,22H,1-10,12H2,(H,17,18,19)/t14-/m0/s1. The maximum atomic E-state index is 9.45. The zero-order chi connectivity index (χ0) is 15.9. The van der Waals surface area contributed by atoms with Gasteiger partial charge in [-0.2, -0.15) is 0 Å². The first kappa shape index (κ1) is 16.4. The molecule has 7 heteroatoms. The molecule has 3 rings (SSSR count). The van der Waals surface area contributed by atoms with E-state index >= 15 is 0 Å². The highest BCUT2D eigenvalue weighted by Gasteiger charge is 2.25. The number of aromatic nitrogens is 2. The van der Waals surface area contributed by atoms with Gasteiger partial charge in [-0.05, 0) is 25.8 Å². The molecule has 0 saturated carbocycles. The number of hydrogen-bond donors (Lipinski definition) is 2. The van der Waals surface area contributed by atoms with Gasteiger partial charge < -0.3 is 20.1 Å². The van der Waals surface area contributed by atoms with E-state index in [1.54, 1.807) is 6.33 Å². The molecule has 0 amide bonds. The monoisotopic (exact) mass is 321 g/mol. The molecule has 2 fully saturated rings. The van der Waals surface area contributed by atoms with Gasteiger partial charge in [-0.15, -0.1) is 0 Å². The normalized spacial score (nSPS) is 22.5. The molecule has 3 heterocycles. The Morgan fingerprint density at radius 1 is 1.26 bits per heavy atom. The topological polar surface area (TPSA) is 73.8 Å². The summed E-state index contributed by atoms with van der Waals surface area (Å²) in [6, 6.07) is 2.18. The molecule has 0 spiro atoms. The van der Waals surface area contributed by atoms with Crippen LogP contribution in [0.3, 0.4) is 0 Å². The van der Waals surface area contributed by atoms with Crippen LogP contribution in [0.4, 0.5) is 11.6 Å². The first-order valence-corrected chi connectivity index (χ1v) is 8.60. The van der Waals surface area contributed by atoms with Gasteiger partial charge in [0.05, 0.1) is 25.9 Å². The van der Waals surface area contributed by atoms with Crippen LogP contribution >= 0.6 is 0 Å². The Morgan fingerprint density at radius 3 is 2.96 bits per heavy atom. The predicted molar refractivity (Wildman–Crippen MR) is 89.9 cm³/mol. The highest BCUT2D eigenvalue weighted by molar-refractivity contribution is 5.49. The minimum absolute atomic E-state index is 0.187. The van der Waals surface area contributed by atoms with Crippen molar-refractivity contribution in [3.8, 4) is 0 Å². The van der Waals surface area contributed by atoms with E-state index in [0.29, 0.717) is 0 Å². The molecule has 0 bridgehead atoms.